The number of hydrogen-bond donors (Lipinski definition) is 3. The van der Waals surface area contributed by atoms with Crippen molar-refractivity contribution in [1.29, 1.82) is 0 Å². The number of methoxy groups -OCH3 is 1. The number of quaternary nitrogens is 1. The fraction of sp³-hybridized carbons (Fsp3) is 0.727. The van der Waals surface area contributed by atoms with Gasteiger partial charge < -0.3 is 15.3 Å². The molecule has 0 aliphatic rings. The molecule has 21 heavy (non-hydrogen) atoms. The summed E-state index contributed by atoms with van der Waals surface area (Å²) in [6.45, 7) is 4.00. The minimum absolute atomic E-state index is 0.0123. The minimum Gasteiger partial charge on any atom is -0.566 e. The summed E-state index contributed by atoms with van der Waals surface area (Å²) >= 11 is 0.801. The first kappa shape index (κ1) is 19.8. The van der Waals surface area contributed by atoms with Gasteiger partial charge in [-0.15, -0.1) is 0 Å². The lowest BCUT2D eigenvalue weighted by atomic mass is 9.97. The van der Waals surface area contributed by atoms with Crippen molar-refractivity contribution in [3.05, 3.63) is 5.21 Å². The van der Waals surface area contributed by atoms with Crippen molar-refractivity contribution in [2.24, 2.45) is 5.41 Å². The second-order valence-corrected chi connectivity index (χ2v) is 5.81. The SMILES string of the molecule is COC(=O)C(CSC(=O)C(C)(C)CO[NH+]([O-])O)NC(C)=O. The first-order chi connectivity index (χ1) is 9.60. The molecule has 0 saturated carbocycles. The van der Waals surface area contributed by atoms with Gasteiger partial charge >= 0.3 is 5.97 Å². The molecule has 9 nitrogen and oxygen atoms in total. The number of nitrogens with one attached hydrogen (secondary N) is 2. The highest BCUT2D eigenvalue weighted by molar-refractivity contribution is 8.13. The van der Waals surface area contributed by atoms with Gasteiger partial charge in [-0.3, -0.25) is 9.59 Å². The predicted molar refractivity (Wildman–Crippen MR) is 72.9 cm³/mol. The summed E-state index contributed by atoms with van der Waals surface area (Å²) in [5, 5.41) is 19.3. The van der Waals surface area contributed by atoms with Crippen LogP contribution >= 0.6 is 11.8 Å². The zero-order valence-corrected chi connectivity index (χ0v) is 13.1. The van der Waals surface area contributed by atoms with Crippen molar-refractivity contribution < 1.29 is 34.6 Å². The average molecular weight is 324 g/mol. The number of esters is 1. The smallest absolute Gasteiger partial charge is 0.329 e. The first-order valence-corrected chi connectivity index (χ1v) is 6.96. The third kappa shape index (κ3) is 7.97. The molecule has 10 heteroatoms. The summed E-state index contributed by atoms with van der Waals surface area (Å²) in [5.41, 5.74) is -1.04. The van der Waals surface area contributed by atoms with E-state index < -0.39 is 28.7 Å². The predicted octanol–water partition coefficient (Wildman–Crippen LogP) is -1.35. The molecule has 0 heterocycles. The summed E-state index contributed by atoms with van der Waals surface area (Å²) in [6.07, 6.45) is 0. The molecule has 2 unspecified atom stereocenters. The van der Waals surface area contributed by atoms with Crippen LogP contribution in [0.1, 0.15) is 20.8 Å². The topological polar surface area (TPSA) is 129 Å². The van der Waals surface area contributed by atoms with Crippen LogP contribution in [0.5, 0.6) is 0 Å². The Morgan fingerprint density at radius 1 is 1.43 bits per heavy atom. The third-order valence-corrected chi connectivity index (χ3v) is 3.67. The number of rotatable bonds is 8. The Balaban J connectivity index is 4.53. The zero-order valence-electron chi connectivity index (χ0n) is 12.3. The van der Waals surface area contributed by atoms with Gasteiger partial charge in [0.2, 0.25) is 5.91 Å². The molecule has 0 aromatic rings. The molecular formula is C11H20N2O7S. The highest BCUT2D eigenvalue weighted by Gasteiger charge is 2.32. The van der Waals surface area contributed by atoms with Crippen molar-refractivity contribution in [3.63, 3.8) is 0 Å². The van der Waals surface area contributed by atoms with Crippen molar-refractivity contribution in [3.8, 4) is 0 Å². The van der Waals surface area contributed by atoms with E-state index in [4.69, 9.17) is 5.21 Å². The Bertz CT molecular complexity index is 387. The van der Waals surface area contributed by atoms with Crippen LogP contribution < -0.4 is 10.7 Å². The van der Waals surface area contributed by atoms with Gasteiger partial charge in [0, 0.05) is 12.7 Å². The van der Waals surface area contributed by atoms with E-state index in [9.17, 15) is 19.6 Å². The summed E-state index contributed by atoms with van der Waals surface area (Å²) in [5.74, 6) is -1.10. The highest BCUT2D eigenvalue weighted by Crippen LogP contribution is 2.24. The minimum atomic E-state index is -1.47. The third-order valence-electron chi connectivity index (χ3n) is 2.35. The van der Waals surface area contributed by atoms with Crippen LogP contribution in [0.2, 0.25) is 0 Å². The van der Waals surface area contributed by atoms with Crippen molar-refractivity contribution in [1.82, 2.24) is 5.32 Å². The molecule has 0 rings (SSSR count). The van der Waals surface area contributed by atoms with E-state index >= 15 is 0 Å². The summed E-state index contributed by atoms with van der Waals surface area (Å²) < 4.78 is 4.53. The van der Waals surface area contributed by atoms with Crippen LogP contribution in [0, 0.1) is 10.6 Å². The second-order valence-electron chi connectivity index (χ2n) is 4.81. The van der Waals surface area contributed by atoms with Crippen molar-refractivity contribution in [2.75, 3.05) is 19.5 Å². The number of thioether (sulfide) groups is 1. The van der Waals surface area contributed by atoms with Gasteiger partial charge in [-0.05, 0) is 13.8 Å². The molecule has 0 aliphatic carbocycles. The van der Waals surface area contributed by atoms with Gasteiger partial charge in [0.15, 0.2) is 5.12 Å². The van der Waals surface area contributed by atoms with E-state index in [-0.39, 0.29) is 17.5 Å². The normalized spacial score (nSPS) is 14.2. The molecule has 0 saturated heterocycles. The molecule has 0 aliphatic heterocycles. The van der Waals surface area contributed by atoms with E-state index in [0.29, 0.717) is 0 Å². The summed E-state index contributed by atoms with van der Waals surface area (Å²) in [4.78, 5) is 38.8. The lowest BCUT2D eigenvalue weighted by Crippen LogP contribution is -3.03. The standard InChI is InChI=1S/C11H20N2O7S/c1-7(14)12-8(9(15)19-4)5-21-10(16)11(2,3)6-20-13(17)18/h8,13,17H,5-6H2,1-4H3,(H,12,14). The van der Waals surface area contributed by atoms with E-state index in [2.05, 4.69) is 14.9 Å². The first-order valence-electron chi connectivity index (χ1n) is 5.98. The van der Waals surface area contributed by atoms with E-state index in [1.807, 2.05) is 0 Å². The monoisotopic (exact) mass is 324 g/mol. The molecule has 1 amide bonds. The second kappa shape index (κ2) is 8.95. The van der Waals surface area contributed by atoms with Crippen LogP contribution in [0.25, 0.3) is 0 Å². The Labute approximate surface area is 126 Å². The van der Waals surface area contributed by atoms with Gasteiger partial charge in [-0.2, -0.15) is 10.0 Å². The highest BCUT2D eigenvalue weighted by atomic mass is 32.2. The molecule has 0 bridgehead atoms. The van der Waals surface area contributed by atoms with Crippen LogP contribution in [-0.2, 0) is 24.0 Å². The molecule has 0 radical (unpaired) electrons. The molecule has 122 valence electrons. The quantitative estimate of drug-likeness (QED) is 0.369. The van der Waals surface area contributed by atoms with Crippen LogP contribution in [0.15, 0.2) is 0 Å². The fourth-order valence-corrected chi connectivity index (χ4v) is 2.20. The molecule has 0 spiro atoms. The maximum Gasteiger partial charge on any atom is 0.329 e. The number of carbonyl (C=O) groups excluding carboxylic acids is 3. The largest absolute Gasteiger partial charge is 0.566 e. The molecule has 0 fully saturated rings. The molecule has 0 aromatic heterocycles. The van der Waals surface area contributed by atoms with Gasteiger partial charge in [0.1, 0.15) is 12.6 Å². The Morgan fingerprint density at radius 2 is 2.00 bits per heavy atom. The van der Waals surface area contributed by atoms with Gasteiger partial charge in [-0.1, -0.05) is 17.2 Å². The summed E-state index contributed by atoms with van der Waals surface area (Å²) in [7, 11) is 1.17. The molecule has 3 N–H and O–H groups in total. The van der Waals surface area contributed by atoms with Gasteiger partial charge in [0.05, 0.1) is 12.5 Å². The van der Waals surface area contributed by atoms with E-state index in [0.717, 1.165) is 11.8 Å². The molecular weight excluding hydrogens is 304 g/mol. The van der Waals surface area contributed by atoms with Crippen LogP contribution in [0.4, 0.5) is 0 Å². The fourth-order valence-electron chi connectivity index (χ4n) is 1.21. The maximum absolute atomic E-state index is 12.0. The lowest BCUT2D eigenvalue weighted by Gasteiger charge is -2.23. The number of amides is 1. The number of carbonyl (C=O) groups is 3. The zero-order chi connectivity index (χ0) is 16.6. The average Bonchev–Trinajstić information content (AvgIpc) is 2.39. The van der Waals surface area contributed by atoms with Crippen LogP contribution in [0.3, 0.4) is 0 Å². The number of ether oxygens (including phenoxy) is 1. The van der Waals surface area contributed by atoms with Gasteiger partial charge in [0.25, 0.3) is 0 Å². The molecule has 0 aromatic carbocycles. The maximum atomic E-state index is 12.0. The lowest BCUT2D eigenvalue weighted by molar-refractivity contribution is -1.21. The summed E-state index contributed by atoms with van der Waals surface area (Å²) in [6, 6.07) is -0.947. The van der Waals surface area contributed by atoms with Gasteiger partial charge in [-0.25, -0.2) is 4.79 Å². The Morgan fingerprint density at radius 3 is 2.43 bits per heavy atom. The Kier molecular flexibility index (Phi) is 8.44. The van der Waals surface area contributed by atoms with Crippen molar-refractivity contribution >= 4 is 28.8 Å². The van der Waals surface area contributed by atoms with Crippen molar-refractivity contribution in [2.45, 2.75) is 26.8 Å². The number of hydrogen-bond acceptors (Lipinski definition) is 8. The van der Waals surface area contributed by atoms with E-state index in [1.54, 1.807) is 0 Å². The Hall–Kier alpha value is -1.20. The van der Waals surface area contributed by atoms with E-state index in [1.165, 1.54) is 27.9 Å². The van der Waals surface area contributed by atoms with Crippen LogP contribution in [-0.4, -0.2) is 47.7 Å². The molecule has 2 atom stereocenters.